The fourth-order valence-corrected chi connectivity index (χ4v) is 4.03. The SMILES string of the molecule is CC(Oc1ccc2ccccc2c1)C(=O)NN=Cc1c(OCc2ccc(F)cc2)ccc2ccccc12. The van der Waals surface area contributed by atoms with E-state index in [0.717, 1.165) is 32.7 Å². The highest BCUT2D eigenvalue weighted by Crippen LogP contribution is 2.27. The zero-order valence-corrected chi connectivity index (χ0v) is 20.2. The predicted molar refractivity (Wildman–Crippen MR) is 144 cm³/mol. The Hall–Kier alpha value is -4.71. The van der Waals surface area contributed by atoms with Crippen molar-refractivity contribution in [2.24, 2.45) is 5.10 Å². The molecule has 1 amide bonds. The number of hydrazone groups is 1. The Morgan fingerprint density at radius 2 is 1.59 bits per heavy atom. The first-order chi connectivity index (χ1) is 18.1. The topological polar surface area (TPSA) is 59.9 Å². The Kier molecular flexibility index (Phi) is 7.08. The van der Waals surface area contributed by atoms with Crippen LogP contribution >= 0.6 is 0 Å². The Labute approximate surface area is 214 Å². The molecular weight excluding hydrogens is 467 g/mol. The molecule has 0 saturated carbocycles. The molecular formula is C31H25FN2O3. The molecule has 0 aliphatic rings. The fourth-order valence-electron chi connectivity index (χ4n) is 4.03. The van der Waals surface area contributed by atoms with Crippen molar-refractivity contribution >= 4 is 33.7 Å². The van der Waals surface area contributed by atoms with E-state index in [9.17, 15) is 9.18 Å². The molecule has 184 valence electrons. The van der Waals surface area contributed by atoms with E-state index in [2.05, 4.69) is 10.5 Å². The largest absolute Gasteiger partial charge is 0.488 e. The van der Waals surface area contributed by atoms with Crippen LogP contribution in [-0.4, -0.2) is 18.2 Å². The number of ether oxygens (including phenoxy) is 2. The number of hydrogen-bond donors (Lipinski definition) is 1. The predicted octanol–water partition coefficient (Wildman–Crippen LogP) is 6.63. The van der Waals surface area contributed by atoms with E-state index in [1.165, 1.54) is 12.1 Å². The number of nitrogens with one attached hydrogen (secondary N) is 1. The summed E-state index contributed by atoms with van der Waals surface area (Å²) in [6, 6.07) is 31.5. The van der Waals surface area contributed by atoms with Crippen molar-refractivity contribution in [1.82, 2.24) is 5.43 Å². The Morgan fingerprint density at radius 1 is 0.892 bits per heavy atom. The highest BCUT2D eigenvalue weighted by Gasteiger charge is 2.15. The Morgan fingerprint density at radius 3 is 2.41 bits per heavy atom. The maximum absolute atomic E-state index is 13.2. The van der Waals surface area contributed by atoms with E-state index in [1.54, 1.807) is 25.3 Å². The van der Waals surface area contributed by atoms with Crippen LogP contribution in [0.5, 0.6) is 11.5 Å². The molecule has 1 atom stereocenters. The van der Waals surface area contributed by atoms with Crippen molar-refractivity contribution in [3.63, 3.8) is 0 Å². The van der Waals surface area contributed by atoms with Gasteiger partial charge in [0.25, 0.3) is 5.91 Å². The van der Waals surface area contributed by atoms with Gasteiger partial charge < -0.3 is 9.47 Å². The van der Waals surface area contributed by atoms with Crippen LogP contribution in [0.25, 0.3) is 21.5 Å². The Bertz CT molecular complexity index is 1580. The van der Waals surface area contributed by atoms with E-state index in [1.807, 2.05) is 78.9 Å². The molecule has 5 aromatic rings. The number of nitrogens with zero attached hydrogens (tertiary/aromatic N) is 1. The van der Waals surface area contributed by atoms with E-state index in [-0.39, 0.29) is 18.3 Å². The maximum Gasteiger partial charge on any atom is 0.280 e. The van der Waals surface area contributed by atoms with Crippen LogP contribution < -0.4 is 14.9 Å². The molecule has 37 heavy (non-hydrogen) atoms. The van der Waals surface area contributed by atoms with Crippen LogP contribution in [0.3, 0.4) is 0 Å². The summed E-state index contributed by atoms with van der Waals surface area (Å²) in [6.07, 6.45) is 0.822. The second kappa shape index (κ2) is 10.9. The molecule has 0 fully saturated rings. The smallest absolute Gasteiger partial charge is 0.280 e. The number of rotatable bonds is 8. The van der Waals surface area contributed by atoms with Gasteiger partial charge in [0.1, 0.15) is 23.9 Å². The average molecular weight is 493 g/mol. The molecule has 6 heteroatoms. The molecule has 5 rings (SSSR count). The van der Waals surface area contributed by atoms with Gasteiger partial charge in [-0.1, -0.05) is 72.8 Å². The zero-order chi connectivity index (χ0) is 25.6. The number of carbonyl (C=O) groups excluding carboxylic acids is 1. The van der Waals surface area contributed by atoms with Crippen molar-refractivity contribution in [2.45, 2.75) is 19.6 Å². The lowest BCUT2D eigenvalue weighted by Crippen LogP contribution is -2.33. The van der Waals surface area contributed by atoms with Crippen LogP contribution in [-0.2, 0) is 11.4 Å². The number of halogens is 1. The molecule has 5 aromatic carbocycles. The molecule has 0 heterocycles. The molecule has 0 radical (unpaired) electrons. The summed E-state index contributed by atoms with van der Waals surface area (Å²) in [5, 5.41) is 8.28. The quantitative estimate of drug-likeness (QED) is 0.195. The summed E-state index contributed by atoms with van der Waals surface area (Å²) in [5.74, 6) is 0.535. The van der Waals surface area contributed by atoms with Crippen LogP contribution in [0.15, 0.2) is 108 Å². The van der Waals surface area contributed by atoms with Crippen LogP contribution in [0.2, 0.25) is 0 Å². The first-order valence-corrected chi connectivity index (χ1v) is 11.9. The molecule has 1 N–H and O–H groups in total. The monoisotopic (exact) mass is 492 g/mol. The minimum atomic E-state index is -0.750. The summed E-state index contributed by atoms with van der Waals surface area (Å²) in [4.78, 5) is 12.7. The third-order valence-corrected chi connectivity index (χ3v) is 6.01. The molecule has 0 spiro atoms. The van der Waals surface area contributed by atoms with Gasteiger partial charge in [-0.25, -0.2) is 9.82 Å². The summed E-state index contributed by atoms with van der Waals surface area (Å²) in [6.45, 7) is 1.94. The highest BCUT2D eigenvalue weighted by atomic mass is 19.1. The number of amides is 1. The zero-order valence-electron chi connectivity index (χ0n) is 20.2. The van der Waals surface area contributed by atoms with Crippen molar-refractivity contribution in [2.75, 3.05) is 0 Å². The first-order valence-electron chi connectivity index (χ1n) is 11.9. The minimum absolute atomic E-state index is 0.266. The van der Waals surface area contributed by atoms with E-state index >= 15 is 0 Å². The number of carbonyl (C=O) groups is 1. The van der Waals surface area contributed by atoms with Crippen LogP contribution in [0, 0.1) is 5.82 Å². The van der Waals surface area contributed by atoms with Crippen LogP contribution in [0.4, 0.5) is 4.39 Å². The number of hydrogen-bond acceptors (Lipinski definition) is 4. The van der Waals surface area contributed by atoms with Gasteiger partial charge >= 0.3 is 0 Å². The molecule has 0 aliphatic carbocycles. The standard InChI is InChI=1S/C31H25FN2O3/c1-21(37-27-16-12-23-6-2-3-8-25(23)18-27)31(35)34-33-19-29-28-9-5-4-7-24(28)13-17-30(29)36-20-22-10-14-26(32)15-11-22/h2-19,21H,20H2,1H3,(H,34,35). The van der Waals surface area contributed by atoms with E-state index in [4.69, 9.17) is 9.47 Å². The second-order valence-corrected chi connectivity index (χ2v) is 8.62. The Balaban J connectivity index is 1.29. The van der Waals surface area contributed by atoms with Crippen molar-refractivity contribution in [3.8, 4) is 11.5 Å². The van der Waals surface area contributed by atoms with Crippen molar-refractivity contribution in [1.29, 1.82) is 0 Å². The van der Waals surface area contributed by atoms with Gasteiger partial charge in [0.15, 0.2) is 6.10 Å². The number of fused-ring (bicyclic) bond motifs is 2. The van der Waals surface area contributed by atoms with Crippen LogP contribution in [0.1, 0.15) is 18.1 Å². The summed E-state index contributed by atoms with van der Waals surface area (Å²) < 4.78 is 25.1. The van der Waals surface area contributed by atoms with Gasteiger partial charge in [-0.15, -0.1) is 0 Å². The maximum atomic E-state index is 13.2. The summed E-state index contributed by atoms with van der Waals surface area (Å²) in [7, 11) is 0. The molecule has 5 nitrogen and oxygen atoms in total. The first kappa shape index (κ1) is 24.0. The minimum Gasteiger partial charge on any atom is -0.488 e. The van der Waals surface area contributed by atoms with Crippen molar-refractivity contribution in [3.05, 3.63) is 120 Å². The third-order valence-electron chi connectivity index (χ3n) is 6.01. The molecule has 0 saturated heterocycles. The number of benzene rings is 5. The molecule has 1 unspecified atom stereocenters. The van der Waals surface area contributed by atoms with Gasteiger partial charge in [0.2, 0.25) is 0 Å². The van der Waals surface area contributed by atoms with E-state index in [0.29, 0.717) is 11.5 Å². The molecule has 0 aromatic heterocycles. The van der Waals surface area contributed by atoms with Gasteiger partial charge in [0.05, 0.1) is 6.21 Å². The average Bonchev–Trinajstić information content (AvgIpc) is 2.93. The summed E-state index contributed by atoms with van der Waals surface area (Å²) >= 11 is 0. The lowest BCUT2D eigenvalue weighted by Gasteiger charge is -2.14. The fraction of sp³-hybridized carbons (Fsp3) is 0.0968. The summed E-state index contributed by atoms with van der Waals surface area (Å²) in [5.41, 5.74) is 4.13. The molecule has 0 aliphatic heterocycles. The highest BCUT2D eigenvalue weighted by molar-refractivity contribution is 6.02. The van der Waals surface area contributed by atoms with Gasteiger partial charge in [-0.3, -0.25) is 4.79 Å². The normalized spacial score (nSPS) is 12.1. The van der Waals surface area contributed by atoms with Gasteiger partial charge in [-0.05, 0) is 64.4 Å². The van der Waals surface area contributed by atoms with Crippen molar-refractivity contribution < 1.29 is 18.7 Å². The second-order valence-electron chi connectivity index (χ2n) is 8.62. The van der Waals surface area contributed by atoms with Gasteiger partial charge in [0, 0.05) is 5.56 Å². The molecule has 0 bridgehead atoms. The van der Waals surface area contributed by atoms with Gasteiger partial charge in [-0.2, -0.15) is 5.10 Å². The van der Waals surface area contributed by atoms with E-state index < -0.39 is 6.10 Å². The third kappa shape index (κ3) is 5.76. The lowest BCUT2D eigenvalue weighted by atomic mass is 10.0. The lowest BCUT2D eigenvalue weighted by molar-refractivity contribution is -0.127.